The van der Waals surface area contributed by atoms with Gasteiger partial charge in [-0.15, -0.1) is 0 Å². The Bertz CT molecular complexity index is 372. The van der Waals surface area contributed by atoms with E-state index in [-0.39, 0.29) is 25.4 Å². The lowest BCUT2D eigenvalue weighted by atomic mass is 10.1. The van der Waals surface area contributed by atoms with E-state index in [0.717, 1.165) is 0 Å². The first-order valence-electron chi connectivity index (χ1n) is 6.89. The van der Waals surface area contributed by atoms with E-state index in [1.54, 1.807) is 20.8 Å². The standard InChI is InChI=1S/C14H25NO6/c1-9(2)8-20-12(18)10(6-7-11(16)17)15-13(19)21-14(3,4)5/h9-10H,6-8H2,1-5H3,(H,15,19)(H,16,17). The van der Waals surface area contributed by atoms with Crippen molar-refractivity contribution in [3.05, 3.63) is 0 Å². The molecular formula is C14H25NO6. The number of carboxylic acids is 1. The molecule has 21 heavy (non-hydrogen) atoms. The van der Waals surface area contributed by atoms with E-state index in [4.69, 9.17) is 14.6 Å². The van der Waals surface area contributed by atoms with Gasteiger partial charge in [0.05, 0.1) is 6.61 Å². The fraction of sp³-hybridized carbons (Fsp3) is 0.786. The van der Waals surface area contributed by atoms with Crippen LogP contribution in [0.5, 0.6) is 0 Å². The Morgan fingerprint density at radius 1 is 1.19 bits per heavy atom. The monoisotopic (exact) mass is 303 g/mol. The van der Waals surface area contributed by atoms with Crippen molar-refractivity contribution in [3.8, 4) is 0 Å². The maximum Gasteiger partial charge on any atom is 0.408 e. The smallest absolute Gasteiger partial charge is 0.408 e. The van der Waals surface area contributed by atoms with Crippen molar-refractivity contribution in [1.82, 2.24) is 5.32 Å². The fourth-order valence-electron chi connectivity index (χ4n) is 1.32. The molecule has 0 aliphatic carbocycles. The summed E-state index contributed by atoms with van der Waals surface area (Å²) in [6.07, 6.45) is -1.08. The molecule has 0 rings (SSSR count). The second-order valence-electron chi connectivity index (χ2n) is 6.16. The van der Waals surface area contributed by atoms with Gasteiger partial charge in [-0.05, 0) is 33.1 Å². The van der Waals surface area contributed by atoms with E-state index < -0.39 is 29.7 Å². The van der Waals surface area contributed by atoms with Crippen LogP contribution >= 0.6 is 0 Å². The maximum atomic E-state index is 11.9. The third kappa shape index (κ3) is 10.6. The summed E-state index contributed by atoms with van der Waals surface area (Å²) in [7, 11) is 0. The van der Waals surface area contributed by atoms with Crippen molar-refractivity contribution < 1.29 is 29.0 Å². The van der Waals surface area contributed by atoms with Gasteiger partial charge < -0.3 is 19.9 Å². The van der Waals surface area contributed by atoms with E-state index in [9.17, 15) is 14.4 Å². The molecule has 0 aromatic heterocycles. The number of rotatable bonds is 7. The van der Waals surface area contributed by atoms with E-state index in [1.807, 2.05) is 13.8 Å². The van der Waals surface area contributed by atoms with Gasteiger partial charge in [0.25, 0.3) is 0 Å². The molecule has 0 aromatic rings. The van der Waals surface area contributed by atoms with Crippen LogP contribution in [0.2, 0.25) is 0 Å². The van der Waals surface area contributed by atoms with Gasteiger partial charge in [-0.3, -0.25) is 4.79 Å². The predicted octanol–water partition coefficient (Wildman–Crippen LogP) is 1.94. The topological polar surface area (TPSA) is 102 Å². The summed E-state index contributed by atoms with van der Waals surface area (Å²) >= 11 is 0. The number of carboxylic acid groups (broad SMARTS) is 1. The molecule has 1 amide bonds. The molecule has 0 saturated carbocycles. The van der Waals surface area contributed by atoms with Crippen LogP contribution < -0.4 is 5.32 Å². The third-order valence-electron chi connectivity index (χ3n) is 2.18. The normalized spacial score (nSPS) is 12.7. The second-order valence-corrected chi connectivity index (χ2v) is 6.16. The minimum atomic E-state index is -1.05. The highest BCUT2D eigenvalue weighted by atomic mass is 16.6. The number of carbonyl (C=O) groups is 3. The number of ether oxygens (including phenoxy) is 2. The van der Waals surface area contributed by atoms with Crippen molar-refractivity contribution in [2.45, 2.75) is 59.1 Å². The number of aliphatic carboxylic acids is 1. The summed E-state index contributed by atoms with van der Waals surface area (Å²) in [6, 6.07) is -1.03. The summed E-state index contributed by atoms with van der Waals surface area (Å²) < 4.78 is 10.1. The van der Waals surface area contributed by atoms with Crippen LogP contribution in [-0.2, 0) is 19.1 Å². The molecule has 1 unspecified atom stereocenters. The first-order chi connectivity index (χ1) is 9.51. The minimum absolute atomic E-state index is 0.0501. The Hall–Kier alpha value is -1.79. The van der Waals surface area contributed by atoms with E-state index in [0.29, 0.717) is 0 Å². The van der Waals surface area contributed by atoms with Gasteiger partial charge in [-0.1, -0.05) is 13.8 Å². The first kappa shape index (κ1) is 19.2. The summed E-state index contributed by atoms with van der Waals surface area (Å²) in [6.45, 7) is 9.03. The Labute approximate surface area is 125 Å². The molecule has 1 atom stereocenters. The third-order valence-corrected chi connectivity index (χ3v) is 2.18. The quantitative estimate of drug-likeness (QED) is 0.697. The lowest BCUT2D eigenvalue weighted by Gasteiger charge is -2.23. The van der Waals surface area contributed by atoms with Gasteiger partial charge >= 0.3 is 18.0 Å². The highest BCUT2D eigenvalue weighted by Gasteiger charge is 2.26. The molecule has 0 radical (unpaired) electrons. The van der Waals surface area contributed by atoms with Crippen LogP contribution in [0.25, 0.3) is 0 Å². The van der Waals surface area contributed by atoms with Crippen molar-refractivity contribution in [1.29, 1.82) is 0 Å². The number of hydrogen-bond donors (Lipinski definition) is 2. The average Bonchev–Trinajstić information content (AvgIpc) is 2.28. The molecule has 2 N–H and O–H groups in total. The van der Waals surface area contributed by atoms with Crippen LogP contribution in [0, 0.1) is 5.92 Å². The largest absolute Gasteiger partial charge is 0.481 e. The zero-order valence-corrected chi connectivity index (χ0v) is 13.3. The molecule has 0 saturated heterocycles. The highest BCUT2D eigenvalue weighted by Crippen LogP contribution is 2.09. The molecular weight excluding hydrogens is 278 g/mol. The van der Waals surface area contributed by atoms with Gasteiger partial charge in [-0.25, -0.2) is 9.59 Å². The Morgan fingerprint density at radius 2 is 1.76 bits per heavy atom. The number of alkyl carbamates (subject to hydrolysis) is 1. The summed E-state index contributed by atoms with van der Waals surface area (Å²) in [5, 5.41) is 11.0. The number of nitrogens with one attached hydrogen (secondary N) is 1. The van der Waals surface area contributed by atoms with E-state index >= 15 is 0 Å². The molecule has 0 spiro atoms. The SMILES string of the molecule is CC(C)COC(=O)C(CCC(=O)O)NC(=O)OC(C)(C)C. The first-order valence-corrected chi connectivity index (χ1v) is 6.89. The van der Waals surface area contributed by atoms with Crippen molar-refractivity contribution >= 4 is 18.0 Å². The average molecular weight is 303 g/mol. The molecule has 122 valence electrons. The second kappa shape index (κ2) is 8.49. The van der Waals surface area contributed by atoms with Crippen LogP contribution in [0.4, 0.5) is 4.79 Å². The number of hydrogen-bond acceptors (Lipinski definition) is 5. The molecule has 7 heteroatoms. The zero-order valence-electron chi connectivity index (χ0n) is 13.3. The maximum absolute atomic E-state index is 11.9. The fourth-order valence-corrected chi connectivity index (χ4v) is 1.32. The van der Waals surface area contributed by atoms with E-state index in [1.165, 1.54) is 0 Å². The summed E-state index contributed by atoms with van der Waals surface area (Å²) in [4.78, 5) is 34.2. The molecule has 0 fully saturated rings. The van der Waals surface area contributed by atoms with Gasteiger partial charge in [0.2, 0.25) is 0 Å². The van der Waals surface area contributed by atoms with Crippen molar-refractivity contribution in [2.24, 2.45) is 5.92 Å². The van der Waals surface area contributed by atoms with Gasteiger partial charge in [0.1, 0.15) is 11.6 Å². The molecule has 7 nitrogen and oxygen atoms in total. The van der Waals surface area contributed by atoms with Crippen molar-refractivity contribution in [2.75, 3.05) is 6.61 Å². The molecule has 0 aliphatic heterocycles. The number of amides is 1. The Kier molecular flexibility index (Phi) is 7.76. The van der Waals surface area contributed by atoms with Gasteiger partial charge in [0.15, 0.2) is 0 Å². The van der Waals surface area contributed by atoms with Crippen LogP contribution in [0.1, 0.15) is 47.5 Å². The Balaban J connectivity index is 4.61. The Morgan fingerprint density at radius 3 is 2.19 bits per heavy atom. The van der Waals surface area contributed by atoms with Crippen LogP contribution in [0.3, 0.4) is 0 Å². The highest BCUT2D eigenvalue weighted by molar-refractivity contribution is 5.82. The van der Waals surface area contributed by atoms with Crippen LogP contribution in [0.15, 0.2) is 0 Å². The zero-order chi connectivity index (χ0) is 16.6. The minimum Gasteiger partial charge on any atom is -0.481 e. The summed E-state index contributed by atoms with van der Waals surface area (Å²) in [5.41, 5.74) is -0.705. The van der Waals surface area contributed by atoms with Crippen LogP contribution in [-0.4, -0.2) is 41.4 Å². The number of carbonyl (C=O) groups excluding carboxylic acids is 2. The number of esters is 1. The molecule has 0 aromatic carbocycles. The van der Waals surface area contributed by atoms with E-state index in [2.05, 4.69) is 5.32 Å². The lowest BCUT2D eigenvalue weighted by molar-refractivity contribution is -0.147. The molecule has 0 bridgehead atoms. The lowest BCUT2D eigenvalue weighted by Crippen LogP contribution is -2.44. The van der Waals surface area contributed by atoms with Gasteiger partial charge in [0, 0.05) is 6.42 Å². The predicted molar refractivity (Wildman–Crippen MR) is 75.8 cm³/mol. The molecule has 0 aliphatic rings. The van der Waals surface area contributed by atoms with Crippen molar-refractivity contribution in [3.63, 3.8) is 0 Å². The molecule has 0 heterocycles. The summed E-state index contributed by atoms with van der Waals surface area (Å²) in [5.74, 6) is -1.56. The van der Waals surface area contributed by atoms with Gasteiger partial charge in [-0.2, -0.15) is 0 Å².